The van der Waals surface area contributed by atoms with Crippen LogP contribution < -0.4 is 19.7 Å². The monoisotopic (exact) mass is 887 g/mol. The SMILES string of the molecule is CC1(O)CCC(CNc2ccc(S(=O)(=O)NC(=O)c3ccc(N4CCC5(CC[C@@H](N6CCC[C@H]6c6ccccc6C6CC6)C5)C4)cc3Oc3cnc4[nH]ccc4c3)cc2[N+](=O)[O-])CC1. The third-order valence-electron chi connectivity index (χ3n) is 14.9. The number of nitro benzene ring substituents is 1. The summed E-state index contributed by atoms with van der Waals surface area (Å²) in [6.45, 7) is 5.13. The van der Waals surface area contributed by atoms with Gasteiger partial charge >= 0.3 is 0 Å². The number of hydrogen-bond donors (Lipinski definition) is 4. The van der Waals surface area contributed by atoms with Gasteiger partial charge in [0.1, 0.15) is 22.8 Å². The average Bonchev–Trinajstić information content (AvgIpc) is 3.62. The van der Waals surface area contributed by atoms with Crippen molar-refractivity contribution in [2.24, 2.45) is 11.3 Å². The molecule has 336 valence electrons. The maximum atomic E-state index is 14.0. The Morgan fingerprint density at radius 1 is 0.969 bits per heavy atom. The number of nitrogens with zero attached hydrogens (tertiary/aromatic N) is 4. The molecule has 15 heteroatoms. The largest absolute Gasteiger partial charge is 0.455 e. The predicted octanol–water partition coefficient (Wildman–Crippen LogP) is 9.20. The summed E-state index contributed by atoms with van der Waals surface area (Å²) in [5.41, 5.74) is 3.87. The van der Waals surface area contributed by atoms with Gasteiger partial charge in [-0.2, -0.15) is 0 Å². The molecule has 2 aromatic heterocycles. The molecule has 10 rings (SSSR count). The topological polar surface area (TPSA) is 183 Å². The van der Waals surface area contributed by atoms with Crippen LogP contribution in [-0.2, 0) is 10.0 Å². The summed E-state index contributed by atoms with van der Waals surface area (Å²) < 4.78 is 36.1. The average molecular weight is 888 g/mol. The number of nitro groups is 1. The second-order valence-corrected chi connectivity index (χ2v) is 21.1. The third-order valence-corrected chi connectivity index (χ3v) is 16.2. The molecule has 64 heavy (non-hydrogen) atoms. The van der Waals surface area contributed by atoms with Crippen LogP contribution in [0.15, 0.2) is 90.1 Å². The summed E-state index contributed by atoms with van der Waals surface area (Å²) in [7, 11) is -4.56. The summed E-state index contributed by atoms with van der Waals surface area (Å²) >= 11 is 0. The molecule has 3 aliphatic carbocycles. The number of carbonyl (C=O) groups is 1. The van der Waals surface area contributed by atoms with Crippen molar-refractivity contribution in [3.05, 3.63) is 112 Å². The van der Waals surface area contributed by atoms with E-state index in [0.29, 0.717) is 42.9 Å². The van der Waals surface area contributed by atoms with Crippen LogP contribution in [0.5, 0.6) is 11.5 Å². The Morgan fingerprint density at radius 2 is 1.78 bits per heavy atom. The van der Waals surface area contributed by atoms with E-state index in [2.05, 4.69) is 54.1 Å². The highest BCUT2D eigenvalue weighted by molar-refractivity contribution is 7.90. The maximum absolute atomic E-state index is 14.0. The van der Waals surface area contributed by atoms with Gasteiger partial charge in [-0.05, 0) is 155 Å². The maximum Gasteiger partial charge on any atom is 0.293 e. The van der Waals surface area contributed by atoms with Crippen LogP contribution >= 0.6 is 0 Å². The first-order chi connectivity index (χ1) is 30.8. The van der Waals surface area contributed by atoms with E-state index in [9.17, 15) is 28.4 Å². The number of aliphatic hydroxyl groups is 1. The van der Waals surface area contributed by atoms with Gasteiger partial charge in [-0.25, -0.2) is 18.1 Å². The zero-order valence-electron chi connectivity index (χ0n) is 36.3. The first-order valence-electron chi connectivity index (χ1n) is 23.0. The number of carbonyl (C=O) groups excluding carboxylic acids is 1. The minimum absolute atomic E-state index is 0.0119. The lowest BCUT2D eigenvalue weighted by molar-refractivity contribution is -0.384. The van der Waals surface area contributed by atoms with Crippen LogP contribution in [0.3, 0.4) is 0 Å². The highest BCUT2D eigenvalue weighted by atomic mass is 32.2. The molecule has 0 radical (unpaired) electrons. The van der Waals surface area contributed by atoms with Crippen LogP contribution in [0, 0.1) is 21.4 Å². The fourth-order valence-electron chi connectivity index (χ4n) is 11.2. The zero-order valence-corrected chi connectivity index (χ0v) is 37.1. The van der Waals surface area contributed by atoms with Crippen molar-refractivity contribution in [2.75, 3.05) is 36.4 Å². The van der Waals surface area contributed by atoms with E-state index in [-0.39, 0.29) is 28.3 Å². The molecule has 4 N–H and O–H groups in total. The Hall–Kier alpha value is -5.51. The normalized spacial score (nSPS) is 26.2. The molecule has 1 unspecified atom stereocenters. The number of anilines is 2. The van der Waals surface area contributed by atoms with E-state index in [1.807, 2.05) is 19.1 Å². The molecular formula is C49H57N7O7S. The molecule has 2 saturated heterocycles. The van der Waals surface area contributed by atoms with Crippen LogP contribution in [0.4, 0.5) is 17.1 Å². The van der Waals surface area contributed by atoms with Gasteiger partial charge in [0.2, 0.25) is 0 Å². The quantitative estimate of drug-likeness (QED) is 0.0653. The van der Waals surface area contributed by atoms with Crippen LogP contribution in [0.1, 0.15) is 117 Å². The summed E-state index contributed by atoms with van der Waals surface area (Å²) in [6.07, 6.45) is 15.7. The van der Waals surface area contributed by atoms with Gasteiger partial charge in [0.25, 0.3) is 21.6 Å². The molecule has 3 aromatic carbocycles. The minimum atomic E-state index is -4.56. The summed E-state index contributed by atoms with van der Waals surface area (Å²) in [5.74, 6) is 0.536. The summed E-state index contributed by atoms with van der Waals surface area (Å²) in [4.78, 5) is 37.9. The molecular weight excluding hydrogens is 831 g/mol. The molecule has 1 spiro atoms. The Kier molecular flexibility index (Phi) is 11.1. The standard InChI is InChI=1S/C49H57N7O7S/c1-48(58)18-14-32(15-19-48)29-51-42-13-11-38(27-44(42)56(59)60)64(61,62)53-47(57)41-12-10-35(26-45(41)63-37-25-34-17-22-50-46(34)52-30-37)54-24-21-49(31-54)20-16-36(28-49)55-23-4-7-43(55)40-6-3-2-5-39(40)33-8-9-33/h2-3,5-6,10-13,17,22,25-27,30,32-33,36,43,51,58H,4,7-9,14-16,18-21,23-24,28-29,31H2,1H3,(H,50,52)(H,53,57)/t32?,36-,43+,48?,49?/m1/s1. The first kappa shape index (κ1) is 42.4. The van der Waals surface area contributed by atoms with E-state index < -0.39 is 37.0 Å². The number of likely N-dealkylation sites (tertiary alicyclic amines) is 1. The van der Waals surface area contributed by atoms with Crippen molar-refractivity contribution in [1.29, 1.82) is 0 Å². The van der Waals surface area contributed by atoms with Crippen molar-refractivity contribution >= 4 is 44.0 Å². The third kappa shape index (κ3) is 8.69. The first-order valence-corrected chi connectivity index (χ1v) is 24.5. The number of pyridine rings is 1. The number of hydrogen-bond acceptors (Lipinski definition) is 11. The second-order valence-electron chi connectivity index (χ2n) is 19.4. The highest BCUT2D eigenvalue weighted by Gasteiger charge is 2.48. The van der Waals surface area contributed by atoms with E-state index in [4.69, 9.17) is 4.74 Å². The van der Waals surface area contributed by atoms with Crippen LogP contribution in [-0.4, -0.2) is 77.0 Å². The number of amides is 1. The van der Waals surface area contributed by atoms with Crippen molar-refractivity contribution in [3.63, 3.8) is 0 Å². The fourth-order valence-corrected chi connectivity index (χ4v) is 12.2. The Labute approximate surface area is 374 Å². The lowest BCUT2D eigenvalue weighted by Crippen LogP contribution is -2.35. The van der Waals surface area contributed by atoms with E-state index >= 15 is 0 Å². The smallest absolute Gasteiger partial charge is 0.293 e. The number of rotatable bonds is 13. The lowest BCUT2D eigenvalue weighted by atomic mass is 9.80. The summed E-state index contributed by atoms with van der Waals surface area (Å²) in [6, 6.07) is 22.6. The molecule has 5 fully saturated rings. The van der Waals surface area contributed by atoms with Gasteiger partial charge in [0, 0.05) is 61.1 Å². The van der Waals surface area contributed by atoms with Gasteiger partial charge in [-0.1, -0.05) is 24.3 Å². The number of aromatic amines is 1. The Morgan fingerprint density at radius 3 is 2.58 bits per heavy atom. The number of sulfonamides is 1. The number of benzene rings is 3. The van der Waals surface area contributed by atoms with Gasteiger partial charge in [0.05, 0.1) is 27.2 Å². The number of fused-ring (bicyclic) bond motifs is 1. The molecule has 4 heterocycles. The zero-order chi connectivity index (χ0) is 44.2. The molecule has 2 aliphatic heterocycles. The molecule has 1 amide bonds. The second kappa shape index (κ2) is 16.8. The molecule has 5 aliphatic rings. The van der Waals surface area contributed by atoms with Gasteiger partial charge in [-0.3, -0.25) is 19.8 Å². The van der Waals surface area contributed by atoms with Crippen LogP contribution in [0.2, 0.25) is 0 Å². The lowest BCUT2D eigenvalue weighted by Gasteiger charge is -2.33. The van der Waals surface area contributed by atoms with Crippen molar-refractivity contribution in [2.45, 2.75) is 112 Å². The number of nitrogens with one attached hydrogen (secondary N) is 3. The summed E-state index contributed by atoms with van der Waals surface area (Å²) in [5, 5.41) is 26.4. The van der Waals surface area contributed by atoms with E-state index in [1.54, 1.807) is 41.7 Å². The Balaban J connectivity index is 0.864. The molecule has 0 bridgehead atoms. The van der Waals surface area contributed by atoms with Crippen molar-refractivity contribution < 1.29 is 28.0 Å². The van der Waals surface area contributed by atoms with Gasteiger partial charge in [0.15, 0.2) is 0 Å². The van der Waals surface area contributed by atoms with Crippen molar-refractivity contribution in [3.8, 4) is 11.5 Å². The number of H-pyrrole nitrogens is 1. The number of ether oxygens (including phenoxy) is 1. The minimum Gasteiger partial charge on any atom is -0.455 e. The van der Waals surface area contributed by atoms with E-state index in [1.165, 1.54) is 44.2 Å². The Bertz CT molecular complexity index is 2690. The van der Waals surface area contributed by atoms with Crippen molar-refractivity contribution in [1.82, 2.24) is 19.6 Å². The van der Waals surface area contributed by atoms with E-state index in [0.717, 1.165) is 74.8 Å². The molecule has 5 aromatic rings. The van der Waals surface area contributed by atoms with Gasteiger partial charge < -0.3 is 25.0 Å². The highest BCUT2D eigenvalue weighted by Crippen LogP contribution is 2.52. The molecule has 14 nitrogen and oxygen atoms in total. The fraction of sp³-hybridized carbons (Fsp3) is 0.469. The number of aromatic nitrogens is 2. The molecule has 3 saturated carbocycles. The predicted molar refractivity (Wildman–Crippen MR) is 245 cm³/mol. The van der Waals surface area contributed by atoms with Gasteiger partial charge in [-0.15, -0.1) is 0 Å². The van der Waals surface area contributed by atoms with Crippen LogP contribution in [0.25, 0.3) is 11.0 Å². The molecule has 3 atom stereocenters.